The molecule has 0 aliphatic rings. The number of fused-ring (bicyclic) bond motifs is 1. The average molecular weight is 531 g/mol. The van der Waals surface area contributed by atoms with Crippen molar-refractivity contribution in [1.29, 1.82) is 0 Å². The molecule has 0 aliphatic carbocycles. The van der Waals surface area contributed by atoms with Gasteiger partial charge in [-0.2, -0.15) is 0 Å². The highest BCUT2D eigenvalue weighted by Gasteiger charge is 2.20. The molecule has 37 heavy (non-hydrogen) atoms. The predicted octanol–water partition coefficient (Wildman–Crippen LogP) is 4.11. The third-order valence-corrected chi connectivity index (χ3v) is 5.92. The maximum absolute atomic E-state index is 14.4. The number of H-pyrrole nitrogens is 1. The first-order valence-corrected chi connectivity index (χ1v) is 13.0. The third kappa shape index (κ3) is 5.64. The van der Waals surface area contributed by atoms with Gasteiger partial charge in [0.1, 0.15) is 22.8 Å². The summed E-state index contributed by atoms with van der Waals surface area (Å²) >= 11 is 0. The van der Waals surface area contributed by atoms with E-state index >= 15 is 0 Å². The van der Waals surface area contributed by atoms with Crippen molar-refractivity contribution in [2.45, 2.75) is 19.9 Å². The van der Waals surface area contributed by atoms with E-state index in [-0.39, 0.29) is 40.0 Å². The maximum atomic E-state index is 14.4. The van der Waals surface area contributed by atoms with Crippen molar-refractivity contribution in [2.24, 2.45) is 7.05 Å². The van der Waals surface area contributed by atoms with E-state index in [4.69, 9.17) is 4.74 Å². The number of sulfonamides is 1. The van der Waals surface area contributed by atoms with Crippen LogP contribution in [0.1, 0.15) is 24.3 Å². The zero-order chi connectivity index (χ0) is 27.1. The molecule has 0 saturated heterocycles. The van der Waals surface area contributed by atoms with Crippen LogP contribution in [0.2, 0.25) is 0 Å². The summed E-state index contributed by atoms with van der Waals surface area (Å²) in [4.78, 5) is 28.4. The van der Waals surface area contributed by atoms with Gasteiger partial charge in [0.25, 0.3) is 11.5 Å². The highest BCUT2D eigenvalue weighted by Crippen LogP contribution is 2.39. The van der Waals surface area contributed by atoms with Crippen LogP contribution in [0.25, 0.3) is 22.0 Å². The minimum atomic E-state index is -3.64. The van der Waals surface area contributed by atoms with E-state index in [1.807, 2.05) is 0 Å². The Labute approximate surface area is 211 Å². The molecule has 2 heterocycles. The molecule has 0 unspecified atom stereocenters. The predicted molar refractivity (Wildman–Crippen MR) is 136 cm³/mol. The summed E-state index contributed by atoms with van der Waals surface area (Å²) < 4.78 is 60.9. The van der Waals surface area contributed by atoms with E-state index in [0.29, 0.717) is 17.0 Å². The number of hydrogen-bond donors (Lipinski definition) is 3. The van der Waals surface area contributed by atoms with Crippen molar-refractivity contribution in [3.05, 3.63) is 76.3 Å². The Morgan fingerprint density at radius 2 is 1.76 bits per heavy atom. The third-order valence-electron chi connectivity index (χ3n) is 5.32. The summed E-state index contributed by atoms with van der Waals surface area (Å²) in [6.45, 7) is 3.59. The van der Waals surface area contributed by atoms with Crippen LogP contribution >= 0.6 is 0 Å². The number of benzene rings is 2. The maximum Gasteiger partial charge on any atom is 0.274 e. The Kier molecular flexibility index (Phi) is 6.78. The van der Waals surface area contributed by atoms with Crippen molar-refractivity contribution in [3.63, 3.8) is 0 Å². The highest BCUT2D eigenvalue weighted by molar-refractivity contribution is 7.92. The van der Waals surface area contributed by atoms with Gasteiger partial charge in [0.05, 0.1) is 6.26 Å². The summed E-state index contributed by atoms with van der Waals surface area (Å²) in [5.41, 5.74) is 0.735. The van der Waals surface area contributed by atoms with Crippen LogP contribution in [0.5, 0.6) is 11.5 Å². The normalized spacial score (nSPS) is 11.6. The number of ether oxygens (including phenoxy) is 1. The first-order chi connectivity index (χ1) is 17.3. The fraction of sp³-hybridized carbons (Fsp3) is 0.200. The Balaban J connectivity index is 1.95. The molecule has 12 heteroatoms. The second-order valence-corrected chi connectivity index (χ2v) is 10.6. The van der Waals surface area contributed by atoms with Crippen LogP contribution in [0.15, 0.2) is 53.5 Å². The number of aromatic amines is 1. The lowest BCUT2D eigenvalue weighted by Gasteiger charge is -2.15. The van der Waals surface area contributed by atoms with Crippen molar-refractivity contribution in [1.82, 2.24) is 14.9 Å². The summed E-state index contributed by atoms with van der Waals surface area (Å²) in [5.74, 6) is -2.31. The van der Waals surface area contributed by atoms with Crippen LogP contribution in [0, 0.1) is 11.6 Å². The van der Waals surface area contributed by atoms with Gasteiger partial charge in [-0.15, -0.1) is 0 Å². The van der Waals surface area contributed by atoms with Gasteiger partial charge in [0.15, 0.2) is 11.6 Å². The highest BCUT2D eigenvalue weighted by atomic mass is 32.2. The lowest BCUT2D eigenvalue weighted by Crippen LogP contribution is -2.30. The van der Waals surface area contributed by atoms with Crippen LogP contribution in [-0.4, -0.2) is 36.2 Å². The number of aryl methyl sites for hydroxylation is 1. The SMILES string of the molecule is CC(C)NC(=O)c1cc2c(-c3cc(NS(C)(=O)=O)ccc3Oc3ccc(F)cc3F)cn(C)c(=O)c2[nH]1. The van der Waals surface area contributed by atoms with Gasteiger partial charge in [0.2, 0.25) is 10.0 Å². The van der Waals surface area contributed by atoms with Crippen molar-refractivity contribution in [2.75, 3.05) is 11.0 Å². The molecule has 0 atom stereocenters. The first kappa shape index (κ1) is 25.9. The number of pyridine rings is 1. The fourth-order valence-electron chi connectivity index (χ4n) is 3.79. The van der Waals surface area contributed by atoms with E-state index in [9.17, 15) is 26.8 Å². The number of carbonyl (C=O) groups is 1. The molecule has 0 radical (unpaired) electrons. The summed E-state index contributed by atoms with van der Waals surface area (Å²) in [6.07, 6.45) is 2.48. The number of nitrogens with one attached hydrogen (secondary N) is 3. The summed E-state index contributed by atoms with van der Waals surface area (Å²) in [5, 5.41) is 3.11. The standard InChI is InChI=1S/C25H24F2N4O5S/c1-13(2)28-24(32)20-11-17-18(12-31(3)25(33)23(17)29-20)16-10-15(30-37(4,34)35)6-8-21(16)36-22-7-5-14(26)9-19(22)27/h5-13,29-30H,1-4H3,(H,28,32). The number of anilines is 1. The largest absolute Gasteiger partial charge is 0.454 e. The first-order valence-electron chi connectivity index (χ1n) is 11.1. The number of hydrogen-bond acceptors (Lipinski definition) is 5. The molecular weight excluding hydrogens is 506 g/mol. The van der Waals surface area contributed by atoms with Gasteiger partial charge in [0, 0.05) is 47.6 Å². The number of nitrogens with zero attached hydrogens (tertiary/aromatic N) is 1. The molecule has 2 aromatic carbocycles. The van der Waals surface area contributed by atoms with Crippen LogP contribution in [-0.2, 0) is 17.1 Å². The smallest absolute Gasteiger partial charge is 0.274 e. The topological polar surface area (TPSA) is 122 Å². The van der Waals surface area contributed by atoms with Gasteiger partial charge in [-0.1, -0.05) is 0 Å². The molecule has 9 nitrogen and oxygen atoms in total. The molecule has 0 fully saturated rings. The van der Waals surface area contributed by atoms with E-state index in [1.165, 1.54) is 42.1 Å². The Morgan fingerprint density at radius 3 is 2.41 bits per heavy atom. The van der Waals surface area contributed by atoms with Gasteiger partial charge >= 0.3 is 0 Å². The molecule has 4 rings (SSSR count). The van der Waals surface area contributed by atoms with E-state index in [0.717, 1.165) is 18.4 Å². The van der Waals surface area contributed by atoms with Gasteiger partial charge in [-0.05, 0) is 50.2 Å². The molecular formula is C25H24F2N4O5S. The average Bonchev–Trinajstić information content (AvgIpc) is 3.24. The zero-order valence-electron chi connectivity index (χ0n) is 20.3. The van der Waals surface area contributed by atoms with Gasteiger partial charge in [-0.25, -0.2) is 17.2 Å². The molecule has 2 aromatic heterocycles. The molecule has 0 bridgehead atoms. The Hall–Kier alpha value is -4.19. The second-order valence-electron chi connectivity index (χ2n) is 8.82. The van der Waals surface area contributed by atoms with E-state index in [2.05, 4.69) is 15.0 Å². The lowest BCUT2D eigenvalue weighted by atomic mass is 10.0. The van der Waals surface area contributed by atoms with Crippen LogP contribution < -0.4 is 20.3 Å². The molecule has 4 aromatic rings. The van der Waals surface area contributed by atoms with Gasteiger partial charge in [-0.3, -0.25) is 14.3 Å². The van der Waals surface area contributed by atoms with Crippen LogP contribution in [0.4, 0.5) is 14.5 Å². The molecule has 3 N–H and O–H groups in total. The second kappa shape index (κ2) is 9.69. The molecule has 1 amide bonds. The van der Waals surface area contributed by atoms with Crippen molar-refractivity contribution < 1.29 is 26.7 Å². The molecule has 194 valence electrons. The quantitative estimate of drug-likeness (QED) is 0.332. The van der Waals surface area contributed by atoms with Gasteiger partial charge < -0.3 is 19.6 Å². The van der Waals surface area contributed by atoms with E-state index < -0.39 is 33.1 Å². The lowest BCUT2D eigenvalue weighted by molar-refractivity contribution is 0.0939. The minimum absolute atomic E-state index is 0.0962. The zero-order valence-corrected chi connectivity index (χ0v) is 21.2. The Bertz CT molecular complexity index is 1690. The number of carbonyl (C=O) groups excluding carboxylic acids is 1. The fourth-order valence-corrected chi connectivity index (χ4v) is 4.35. The molecule has 0 saturated carbocycles. The summed E-state index contributed by atoms with van der Waals surface area (Å²) in [6, 6.07) is 8.48. The van der Waals surface area contributed by atoms with E-state index in [1.54, 1.807) is 13.8 Å². The summed E-state index contributed by atoms with van der Waals surface area (Å²) in [7, 11) is -2.13. The van der Waals surface area contributed by atoms with Crippen LogP contribution in [0.3, 0.4) is 0 Å². The molecule has 0 aliphatic heterocycles. The van der Waals surface area contributed by atoms with Crippen molar-refractivity contribution in [3.8, 4) is 22.6 Å². The number of aromatic nitrogens is 2. The Morgan fingerprint density at radius 1 is 1.05 bits per heavy atom. The number of amides is 1. The molecule has 0 spiro atoms. The van der Waals surface area contributed by atoms with Crippen molar-refractivity contribution >= 4 is 32.5 Å². The number of rotatable bonds is 7. The monoisotopic (exact) mass is 530 g/mol. The number of halogens is 2. The minimum Gasteiger partial charge on any atom is -0.454 e.